The van der Waals surface area contributed by atoms with E-state index < -0.39 is 6.03 Å². The smallest absolute Gasteiger partial charge is 0.325 e. The zero-order valence-electron chi connectivity index (χ0n) is 18.6. The van der Waals surface area contributed by atoms with E-state index in [1.54, 1.807) is 66.8 Å². The van der Waals surface area contributed by atoms with E-state index in [9.17, 15) is 9.59 Å². The molecule has 174 valence electrons. The van der Waals surface area contributed by atoms with E-state index in [0.717, 1.165) is 27.8 Å². The lowest BCUT2D eigenvalue weighted by Crippen LogP contribution is -2.21. The quantitative estimate of drug-likeness (QED) is 0.213. The van der Waals surface area contributed by atoms with Gasteiger partial charge in [0.2, 0.25) is 0 Å². The van der Waals surface area contributed by atoms with Crippen LogP contribution in [0.2, 0.25) is 0 Å². The monoisotopic (exact) mass is 493 g/mol. The summed E-state index contributed by atoms with van der Waals surface area (Å²) in [5.74, 6) is 1.09. The molecule has 0 aliphatic carbocycles. The van der Waals surface area contributed by atoms with E-state index in [1.807, 2.05) is 13.0 Å². The molecule has 2 heterocycles. The molecule has 0 spiro atoms. The molecular weight excluding hydrogens is 470 g/mol. The third kappa shape index (κ3) is 5.83. The van der Waals surface area contributed by atoms with Gasteiger partial charge in [0.05, 0.1) is 18.4 Å². The second-order valence-corrected chi connectivity index (χ2v) is 9.48. The predicted octanol–water partition coefficient (Wildman–Crippen LogP) is 5.39. The predicted molar refractivity (Wildman–Crippen MR) is 135 cm³/mol. The maximum absolute atomic E-state index is 13.3. The Morgan fingerprint density at radius 2 is 1.97 bits per heavy atom. The van der Waals surface area contributed by atoms with E-state index in [4.69, 9.17) is 4.74 Å². The van der Waals surface area contributed by atoms with Crippen molar-refractivity contribution in [3.8, 4) is 5.75 Å². The number of imidazole rings is 1. The number of methoxy groups -OCH3 is 1. The van der Waals surface area contributed by atoms with E-state index >= 15 is 0 Å². The van der Waals surface area contributed by atoms with E-state index in [-0.39, 0.29) is 5.78 Å². The number of para-hydroxylation sites is 1. The SMILES string of the molecule is COc1ccccc1C(=O)c1cc(C)ccc1NC(=O)Nc1ncc(CCSc2ncc[nH]2)s1. The summed E-state index contributed by atoms with van der Waals surface area (Å²) in [7, 11) is 1.52. The van der Waals surface area contributed by atoms with Gasteiger partial charge in [-0.25, -0.2) is 14.8 Å². The highest BCUT2D eigenvalue weighted by Gasteiger charge is 2.19. The summed E-state index contributed by atoms with van der Waals surface area (Å²) in [4.78, 5) is 38.5. The van der Waals surface area contributed by atoms with Crippen LogP contribution in [0.1, 0.15) is 26.4 Å². The number of ether oxygens (including phenoxy) is 1. The topological polar surface area (TPSA) is 109 Å². The third-order valence-electron chi connectivity index (χ3n) is 4.85. The number of carbonyl (C=O) groups excluding carboxylic acids is 2. The molecule has 0 unspecified atom stereocenters. The molecule has 10 heteroatoms. The summed E-state index contributed by atoms with van der Waals surface area (Å²) in [5, 5.41) is 6.90. The normalized spacial score (nSPS) is 10.6. The molecule has 2 aromatic carbocycles. The van der Waals surface area contributed by atoms with Crippen molar-refractivity contribution in [1.82, 2.24) is 15.0 Å². The molecular formula is C24H23N5O3S2. The Hall–Kier alpha value is -3.63. The summed E-state index contributed by atoms with van der Waals surface area (Å²) in [6.45, 7) is 1.89. The minimum absolute atomic E-state index is 0.234. The zero-order chi connectivity index (χ0) is 23.9. The standard InChI is InChI=1S/C24H23N5O3S2/c1-15-7-8-19(18(13-15)21(30)17-5-3-4-6-20(17)32-2)28-22(31)29-24-27-14-16(34-24)9-12-33-23-25-10-11-26-23/h3-8,10-11,13-14H,9,12H2,1-2H3,(H,25,26)(H2,27,28,29,31). The van der Waals surface area contributed by atoms with Gasteiger partial charge >= 0.3 is 6.03 Å². The van der Waals surface area contributed by atoms with Crippen molar-refractivity contribution in [2.45, 2.75) is 18.5 Å². The molecule has 0 saturated heterocycles. The number of nitrogens with one attached hydrogen (secondary N) is 3. The second kappa shape index (κ2) is 11.0. The molecule has 0 fully saturated rings. The van der Waals surface area contributed by atoms with Gasteiger partial charge in [-0.1, -0.05) is 35.5 Å². The number of nitrogens with zero attached hydrogens (tertiary/aromatic N) is 2. The van der Waals surface area contributed by atoms with Crippen molar-refractivity contribution >= 4 is 45.7 Å². The largest absolute Gasteiger partial charge is 0.496 e. The Kier molecular flexibility index (Phi) is 7.61. The molecule has 0 aliphatic heterocycles. The third-order valence-corrected chi connectivity index (χ3v) is 6.73. The van der Waals surface area contributed by atoms with Crippen LogP contribution in [0, 0.1) is 6.92 Å². The first-order valence-electron chi connectivity index (χ1n) is 10.5. The van der Waals surface area contributed by atoms with Crippen LogP contribution in [-0.4, -0.2) is 39.6 Å². The van der Waals surface area contributed by atoms with Gasteiger partial charge in [-0.2, -0.15) is 0 Å². The lowest BCUT2D eigenvalue weighted by molar-refractivity contribution is 0.103. The number of H-pyrrole nitrogens is 1. The Balaban J connectivity index is 1.41. The van der Waals surface area contributed by atoms with Crippen LogP contribution in [0.3, 0.4) is 0 Å². The van der Waals surface area contributed by atoms with E-state index in [0.29, 0.717) is 27.7 Å². The molecule has 2 aromatic heterocycles. The first-order valence-corrected chi connectivity index (χ1v) is 12.3. The Morgan fingerprint density at radius 3 is 2.76 bits per heavy atom. The minimum atomic E-state index is -0.469. The van der Waals surface area contributed by atoms with Crippen molar-refractivity contribution in [2.24, 2.45) is 0 Å². The zero-order valence-corrected chi connectivity index (χ0v) is 20.3. The summed E-state index contributed by atoms with van der Waals surface area (Å²) in [6.07, 6.45) is 6.07. The number of carbonyl (C=O) groups is 2. The molecule has 0 radical (unpaired) electrons. The number of aryl methyl sites for hydroxylation is 2. The molecule has 2 amide bonds. The number of aromatic amines is 1. The number of hydrogen-bond donors (Lipinski definition) is 3. The average molecular weight is 494 g/mol. The summed E-state index contributed by atoms with van der Waals surface area (Å²) in [6, 6.07) is 11.9. The molecule has 0 atom stereocenters. The minimum Gasteiger partial charge on any atom is -0.496 e. The van der Waals surface area contributed by atoms with Gasteiger partial charge in [0, 0.05) is 34.8 Å². The number of rotatable bonds is 9. The highest BCUT2D eigenvalue weighted by atomic mass is 32.2. The van der Waals surface area contributed by atoms with Gasteiger partial charge in [0.1, 0.15) is 5.75 Å². The van der Waals surface area contributed by atoms with Crippen LogP contribution in [0.5, 0.6) is 5.75 Å². The molecule has 34 heavy (non-hydrogen) atoms. The van der Waals surface area contributed by atoms with E-state index in [1.165, 1.54) is 18.4 Å². The Labute approximate surface area is 205 Å². The van der Waals surface area contributed by atoms with Crippen LogP contribution < -0.4 is 15.4 Å². The maximum atomic E-state index is 13.3. The molecule has 0 aliphatic rings. The Bertz CT molecular complexity index is 1290. The van der Waals surface area contributed by atoms with Gasteiger partial charge in [0.25, 0.3) is 0 Å². The molecule has 3 N–H and O–H groups in total. The number of anilines is 2. The first kappa shape index (κ1) is 23.5. The van der Waals surface area contributed by atoms with Crippen molar-refractivity contribution in [1.29, 1.82) is 0 Å². The number of benzene rings is 2. The van der Waals surface area contributed by atoms with Gasteiger partial charge in [0.15, 0.2) is 16.1 Å². The number of thioether (sulfide) groups is 1. The molecule has 4 rings (SSSR count). The highest BCUT2D eigenvalue weighted by Crippen LogP contribution is 2.27. The van der Waals surface area contributed by atoms with Gasteiger partial charge in [-0.3, -0.25) is 10.1 Å². The van der Waals surface area contributed by atoms with E-state index in [2.05, 4.69) is 25.6 Å². The highest BCUT2D eigenvalue weighted by molar-refractivity contribution is 7.99. The van der Waals surface area contributed by atoms with Crippen LogP contribution in [0.25, 0.3) is 0 Å². The number of amides is 2. The molecule has 0 bridgehead atoms. The van der Waals surface area contributed by atoms with Crippen LogP contribution in [0.4, 0.5) is 15.6 Å². The van der Waals surface area contributed by atoms with Gasteiger partial charge in [-0.05, 0) is 37.6 Å². The summed E-state index contributed by atoms with van der Waals surface area (Å²) < 4.78 is 5.34. The van der Waals surface area contributed by atoms with Crippen LogP contribution in [-0.2, 0) is 6.42 Å². The number of hydrogen-bond acceptors (Lipinski definition) is 7. The second-order valence-electron chi connectivity index (χ2n) is 7.28. The maximum Gasteiger partial charge on any atom is 0.325 e. The van der Waals surface area contributed by atoms with Crippen molar-refractivity contribution in [2.75, 3.05) is 23.5 Å². The fraction of sp³-hybridized carbons (Fsp3) is 0.167. The molecule has 4 aromatic rings. The number of thiazole rings is 1. The summed E-state index contributed by atoms with van der Waals surface area (Å²) >= 11 is 3.04. The molecule has 8 nitrogen and oxygen atoms in total. The van der Waals surface area contributed by atoms with Crippen molar-refractivity contribution in [3.63, 3.8) is 0 Å². The van der Waals surface area contributed by atoms with Crippen molar-refractivity contribution in [3.05, 3.63) is 82.6 Å². The van der Waals surface area contributed by atoms with Gasteiger partial charge in [-0.15, -0.1) is 11.3 Å². The number of ketones is 1. The first-order chi connectivity index (χ1) is 16.5. The molecule has 0 saturated carbocycles. The number of aromatic nitrogens is 3. The average Bonchev–Trinajstić information content (AvgIpc) is 3.52. The van der Waals surface area contributed by atoms with Crippen LogP contribution >= 0.6 is 23.1 Å². The van der Waals surface area contributed by atoms with Crippen molar-refractivity contribution < 1.29 is 14.3 Å². The van der Waals surface area contributed by atoms with Gasteiger partial charge < -0.3 is 15.0 Å². The van der Waals surface area contributed by atoms with Crippen LogP contribution in [0.15, 0.2) is 66.2 Å². The number of urea groups is 1. The fourth-order valence-electron chi connectivity index (χ4n) is 3.24. The summed E-state index contributed by atoms with van der Waals surface area (Å²) in [5.41, 5.74) is 2.12. The Morgan fingerprint density at radius 1 is 1.12 bits per heavy atom. The fourth-order valence-corrected chi connectivity index (χ4v) is 4.98. The lowest BCUT2D eigenvalue weighted by Gasteiger charge is -2.13. The lowest BCUT2D eigenvalue weighted by atomic mass is 9.99.